The number of hydrogen-bond acceptors (Lipinski definition) is 6. The Kier molecular flexibility index (Phi) is 7.72. The fourth-order valence-electron chi connectivity index (χ4n) is 4.59. The molecule has 0 saturated heterocycles. The van der Waals surface area contributed by atoms with Crippen LogP contribution < -0.4 is 9.47 Å². The Labute approximate surface area is 220 Å². The third-order valence-electron chi connectivity index (χ3n) is 6.35. The number of halogens is 2. The Balaban J connectivity index is 1.38. The highest BCUT2D eigenvalue weighted by molar-refractivity contribution is 6.31. The summed E-state index contributed by atoms with van der Waals surface area (Å²) in [7, 11) is 0. The monoisotopic (exact) mass is 530 g/mol. The van der Waals surface area contributed by atoms with Crippen molar-refractivity contribution in [3.8, 4) is 11.5 Å². The lowest BCUT2D eigenvalue weighted by atomic mass is 9.97. The van der Waals surface area contributed by atoms with Crippen molar-refractivity contribution in [2.45, 2.75) is 57.6 Å². The third-order valence-corrected chi connectivity index (χ3v) is 6.79. The van der Waals surface area contributed by atoms with Gasteiger partial charge in [0.05, 0.1) is 29.9 Å². The van der Waals surface area contributed by atoms with Gasteiger partial charge in [0.1, 0.15) is 11.5 Å². The molecule has 0 amide bonds. The maximum Gasteiger partial charge on any atom is 0.234 e. The van der Waals surface area contributed by atoms with Crippen molar-refractivity contribution in [1.82, 2.24) is 0 Å². The fourth-order valence-corrected chi connectivity index (χ4v) is 5.06. The molecule has 2 aliphatic heterocycles. The molecule has 0 radical (unpaired) electrons. The molecular formula is C28H28Cl2O6. The van der Waals surface area contributed by atoms with Crippen LogP contribution in [0.1, 0.15) is 78.8 Å². The number of fused-ring (bicyclic) bond motifs is 6. The fraction of sp³-hybridized carbons (Fsp3) is 0.357. The van der Waals surface area contributed by atoms with Crippen LogP contribution in [0.15, 0.2) is 54.6 Å². The van der Waals surface area contributed by atoms with Crippen molar-refractivity contribution in [3.63, 3.8) is 0 Å². The molecule has 2 bridgehead atoms. The first-order valence-corrected chi connectivity index (χ1v) is 12.8. The van der Waals surface area contributed by atoms with Crippen molar-refractivity contribution in [1.29, 1.82) is 0 Å². The predicted molar refractivity (Wildman–Crippen MR) is 136 cm³/mol. The first kappa shape index (κ1) is 25.3. The third kappa shape index (κ3) is 5.21. The van der Waals surface area contributed by atoms with Crippen LogP contribution in [0.5, 0.6) is 11.5 Å². The summed E-state index contributed by atoms with van der Waals surface area (Å²) < 4.78 is 24.3. The maximum atomic E-state index is 11.0. The van der Waals surface area contributed by atoms with E-state index in [-0.39, 0.29) is 0 Å². The number of aliphatic hydroxyl groups excluding tert-OH is 2. The van der Waals surface area contributed by atoms with Crippen molar-refractivity contribution in [3.05, 3.63) is 92.5 Å². The SMILES string of the molecule is CCCC(O)c1cc(Cl)cc2c1OC1OC2Oc2c(C(O)CCOCc3ccccc3)cc(Cl)cc21. The second kappa shape index (κ2) is 11.0. The standard InChI is InChI=1S/C28H28Cl2O6/c1-2-6-23(31)19-11-17(29)13-21-25(19)34-28-22-14-18(30)12-20(26(22)35-27(21)36-28)24(32)9-10-33-15-16-7-4-3-5-8-16/h3-5,7-8,11-14,23-24,27-28,31-32H,2,6,9-10,15H2,1H3. The van der Waals surface area contributed by atoms with E-state index in [9.17, 15) is 10.2 Å². The average Bonchev–Trinajstić information content (AvgIpc) is 2.87. The van der Waals surface area contributed by atoms with E-state index in [0.29, 0.717) is 69.9 Å². The largest absolute Gasteiger partial charge is 0.459 e. The van der Waals surface area contributed by atoms with Crippen LogP contribution in [-0.2, 0) is 16.1 Å². The van der Waals surface area contributed by atoms with E-state index in [1.165, 1.54) is 0 Å². The van der Waals surface area contributed by atoms with E-state index >= 15 is 0 Å². The quantitative estimate of drug-likeness (QED) is 0.291. The molecule has 3 aromatic carbocycles. The van der Waals surface area contributed by atoms with Crippen LogP contribution in [0.4, 0.5) is 0 Å². The summed E-state index contributed by atoms with van der Waals surface area (Å²) in [6, 6.07) is 16.7. The molecule has 36 heavy (non-hydrogen) atoms. The Bertz CT molecular complexity index is 1220. The molecule has 0 spiro atoms. The molecule has 4 unspecified atom stereocenters. The molecule has 6 nitrogen and oxygen atoms in total. The molecule has 0 fully saturated rings. The Morgan fingerprint density at radius 1 is 0.833 bits per heavy atom. The van der Waals surface area contributed by atoms with Gasteiger partial charge in [-0.2, -0.15) is 0 Å². The van der Waals surface area contributed by atoms with Crippen LogP contribution in [0, 0.1) is 0 Å². The summed E-state index contributed by atoms with van der Waals surface area (Å²) in [5, 5.41) is 22.6. The van der Waals surface area contributed by atoms with Crippen molar-refractivity contribution >= 4 is 23.2 Å². The molecule has 0 saturated carbocycles. The maximum absolute atomic E-state index is 11.0. The van der Waals surface area contributed by atoms with Crippen LogP contribution in [0.25, 0.3) is 0 Å². The highest BCUT2D eigenvalue weighted by Crippen LogP contribution is 2.53. The lowest BCUT2D eigenvalue weighted by molar-refractivity contribution is -0.228. The van der Waals surface area contributed by atoms with Crippen molar-refractivity contribution < 1.29 is 29.2 Å². The van der Waals surface area contributed by atoms with Gasteiger partial charge in [-0.15, -0.1) is 0 Å². The van der Waals surface area contributed by atoms with Gasteiger partial charge in [-0.25, -0.2) is 0 Å². The average molecular weight is 531 g/mol. The molecule has 190 valence electrons. The number of benzene rings is 3. The van der Waals surface area contributed by atoms with Gasteiger partial charge in [-0.3, -0.25) is 4.74 Å². The molecule has 8 heteroatoms. The molecule has 2 heterocycles. The van der Waals surface area contributed by atoms with E-state index < -0.39 is 24.8 Å². The first-order chi connectivity index (χ1) is 17.4. The van der Waals surface area contributed by atoms with Gasteiger partial charge < -0.3 is 24.4 Å². The van der Waals surface area contributed by atoms with Crippen LogP contribution in [-0.4, -0.2) is 16.8 Å². The summed E-state index contributed by atoms with van der Waals surface area (Å²) in [5.74, 6) is 0.973. The first-order valence-electron chi connectivity index (χ1n) is 12.1. The van der Waals surface area contributed by atoms with Gasteiger partial charge >= 0.3 is 0 Å². The topological polar surface area (TPSA) is 77.4 Å². The Morgan fingerprint density at radius 2 is 1.39 bits per heavy atom. The van der Waals surface area contributed by atoms with E-state index in [0.717, 1.165) is 12.0 Å². The smallest absolute Gasteiger partial charge is 0.234 e. The normalized spacial score (nSPS) is 19.5. The highest BCUT2D eigenvalue weighted by Gasteiger charge is 2.41. The molecule has 3 aromatic rings. The zero-order chi connectivity index (χ0) is 25.2. The summed E-state index contributed by atoms with van der Waals surface area (Å²) >= 11 is 12.8. The highest BCUT2D eigenvalue weighted by atomic mass is 35.5. The van der Waals surface area contributed by atoms with Gasteiger partial charge in [0.25, 0.3) is 0 Å². The van der Waals surface area contributed by atoms with Crippen LogP contribution in [0.2, 0.25) is 10.0 Å². The Hall–Kier alpha value is -2.32. The van der Waals surface area contributed by atoms with E-state index in [4.69, 9.17) is 42.1 Å². The van der Waals surface area contributed by atoms with E-state index in [1.807, 2.05) is 37.3 Å². The number of aliphatic hydroxyl groups is 2. The minimum atomic E-state index is -0.868. The summed E-state index contributed by atoms with van der Waals surface area (Å²) in [4.78, 5) is 0. The zero-order valence-corrected chi connectivity index (χ0v) is 21.3. The molecule has 2 aliphatic rings. The molecule has 0 aliphatic carbocycles. The second-order valence-corrected chi connectivity index (χ2v) is 9.88. The van der Waals surface area contributed by atoms with Gasteiger partial charge in [0, 0.05) is 34.2 Å². The minimum absolute atomic E-state index is 0.355. The molecular weight excluding hydrogens is 503 g/mol. The summed E-state index contributed by atoms with van der Waals surface area (Å²) in [6.07, 6.45) is -1.48. The van der Waals surface area contributed by atoms with Gasteiger partial charge in [-0.05, 0) is 36.2 Å². The van der Waals surface area contributed by atoms with Crippen molar-refractivity contribution in [2.75, 3.05) is 6.61 Å². The van der Waals surface area contributed by atoms with Crippen LogP contribution >= 0.6 is 23.2 Å². The molecule has 4 atom stereocenters. The molecule has 5 rings (SSSR count). The molecule has 0 aromatic heterocycles. The molecule has 2 N–H and O–H groups in total. The second-order valence-electron chi connectivity index (χ2n) is 9.01. The summed E-state index contributed by atoms with van der Waals surface area (Å²) in [6.45, 7) is 2.82. The van der Waals surface area contributed by atoms with Gasteiger partial charge in [-0.1, -0.05) is 66.9 Å². The van der Waals surface area contributed by atoms with Crippen molar-refractivity contribution in [2.24, 2.45) is 0 Å². The number of hydrogen-bond donors (Lipinski definition) is 2. The predicted octanol–water partition coefficient (Wildman–Crippen LogP) is 6.97. The van der Waals surface area contributed by atoms with Gasteiger partial charge in [0.15, 0.2) is 0 Å². The minimum Gasteiger partial charge on any atom is -0.459 e. The number of rotatable bonds is 9. The zero-order valence-electron chi connectivity index (χ0n) is 19.8. The Morgan fingerprint density at radius 3 is 1.94 bits per heavy atom. The lowest BCUT2D eigenvalue weighted by Gasteiger charge is -2.40. The lowest BCUT2D eigenvalue weighted by Crippen LogP contribution is -2.31. The van der Waals surface area contributed by atoms with E-state index in [1.54, 1.807) is 24.3 Å². The van der Waals surface area contributed by atoms with E-state index in [2.05, 4.69) is 0 Å². The number of ether oxygens (including phenoxy) is 4. The van der Waals surface area contributed by atoms with Crippen LogP contribution in [0.3, 0.4) is 0 Å². The van der Waals surface area contributed by atoms with Gasteiger partial charge in [0.2, 0.25) is 12.6 Å². The summed E-state index contributed by atoms with van der Waals surface area (Å²) in [5.41, 5.74) is 3.38.